The lowest BCUT2D eigenvalue weighted by atomic mass is 10.1. The Labute approximate surface area is 120 Å². The van der Waals surface area contributed by atoms with E-state index < -0.39 is 0 Å². The molecule has 1 aromatic carbocycles. The van der Waals surface area contributed by atoms with Crippen LogP contribution in [-0.2, 0) is 0 Å². The fraction of sp³-hybridized carbons (Fsp3) is 0.0667. The minimum Gasteiger partial charge on any atom is -0.473 e. The van der Waals surface area contributed by atoms with Crippen LogP contribution in [0.2, 0.25) is 0 Å². The third-order valence-electron chi connectivity index (χ3n) is 2.41. The zero-order chi connectivity index (χ0) is 13.5. The minimum atomic E-state index is 0.448. The van der Waals surface area contributed by atoms with Crippen molar-refractivity contribution in [3.8, 4) is 5.88 Å². The molecule has 0 radical (unpaired) electrons. The molecule has 0 fully saturated rings. The van der Waals surface area contributed by atoms with Gasteiger partial charge in [0.15, 0.2) is 0 Å². The first-order chi connectivity index (χ1) is 9.28. The van der Waals surface area contributed by atoms with Crippen LogP contribution in [0.3, 0.4) is 0 Å². The van der Waals surface area contributed by atoms with Crippen LogP contribution in [0.25, 0.3) is 6.08 Å². The molecule has 0 unspecified atom stereocenters. The molecule has 19 heavy (non-hydrogen) atoms. The highest BCUT2D eigenvalue weighted by Crippen LogP contribution is 2.12. The molecule has 0 atom stereocenters. The van der Waals surface area contributed by atoms with Gasteiger partial charge in [-0.15, -0.1) is 0 Å². The van der Waals surface area contributed by atoms with E-state index in [0.29, 0.717) is 18.1 Å². The Balaban J connectivity index is 1.85. The number of nitrogens with zero attached hydrogens (tertiary/aromatic N) is 1. The molecule has 3 nitrogen and oxygen atoms in total. The summed E-state index contributed by atoms with van der Waals surface area (Å²) in [5, 5.41) is 0. The Morgan fingerprint density at radius 1 is 1.11 bits per heavy atom. The van der Waals surface area contributed by atoms with E-state index in [2.05, 4.69) is 20.9 Å². The summed E-state index contributed by atoms with van der Waals surface area (Å²) in [5.41, 5.74) is 1.70. The van der Waals surface area contributed by atoms with Gasteiger partial charge in [-0.25, -0.2) is 4.98 Å². The number of carbonyl (C=O) groups is 1. The van der Waals surface area contributed by atoms with Crippen LogP contribution in [0.5, 0.6) is 5.88 Å². The average molecular weight is 318 g/mol. The van der Waals surface area contributed by atoms with Crippen LogP contribution in [0.1, 0.15) is 15.9 Å². The number of halogens is 1. The second-order valence-electron chi connectivity index (χ2n) is 3.81. The molecule has 0 bridgehead atoms. The zero-order valence-electron chi connectivity index (χ0n) is 10.1. The van der Waals surface area contributed by atoms with Crippen molar-refractivity contribution in [2.75, 3.05) is 6.61 Å². The molecule has 0 N–H and O–H groups in total. The highest BCUT2D eigenvalue weighted by Gasteiger charge is 1.93. The van der Waals surface area contributed by atoms with Gasteiger partial charge in [-0.05, 0) is 33.6 Å². The Morgan fingerprint density at radius 2 is 1.84 bits per heavy atom. The maximum Gasteiger partial charge on any atom is 0.213 e. The van der Waals surface area contributed by atoms with Gasteiger partial charge in [-0.1, -0.05) is 30.3 Å². The van der Waals surface area contributed by atoms with Crippen LogP contribution in [-0.4, -0.2) is 17.9 Å². The molecule has 2 aromatic rings. The SMILES string of the molecule is O=Cc1ccc(/C=C/COc2ccc(Br)cn2)cc1. The monoisotopic (exact) mass is 317 g/mol. The van der Waals surface area contributed by atoms with Gasteiger partial charge in [0, 0.05) is 22.3 Å². The van der Waals surface area contributed by atoms with E-state index in [9.17, 15) is 4.79 Å². The molecule has 0 saturated carbocycles. The van der Waals surface area contributed by atoms with Crippen LogP contribution in [0.15, 0.2) is 53.1 Å². The summed E-state index contributed by atoms with van der Waals surface area (Å²) in [4.78, 5) is 14.6. The molecule has 0 aliphatic heterocycles. The molecule has 0 spiro atoms. The predicted molar refractivity (Wildman–Crippen MR) is 78.3 cm³/mol. The summed E-state index contributed by atoms with van der Waals surface area (Å²) in [5.74, 6) is 0.587. The van der Waals surface area contributed by atoms with Crippen molar-refractivity contribution < 1.29 is 9.53 Å². The number of pyridine rings is 1. The van der Waals surface area contributed by atoms with Gasteiger partial charge in [0.25, 0.3) is 0 Å². The van der Waals surface area contributed by atoms with Crippen LogP contribution in [0.4, 0.5) is 0 Å². The zero-order valence-corrected chi connectivity index (χ0v) is 11.7. The molecule has 1 heterocycles. The van der Waals surface area contributed by atoms with Gasteiger partial charge in [0.2, 0.25) is 5.88 Å². The van der Waals surface area contributed by atoms with Gasteiger partial charge in [0.1, 0.15) is 12.9 Å². The molecule has 0 aliphatic carbocycles. The molecule has 4 heteroatoms. The first kappa shape index (κ1) is 13.5. The third kappa shape index (κ3) is 4.34. The van der Waals surface area contributed by atoms with E-state index in [1.165, 1.54) is 0 Å². The normalized spacial score (nSPS) is 10.6. The molecule has 1 aromatic heterocycles. The number of aldehydes is 1. The van der Waals surface area contributed by atoms with E-state index in [4.69, 9.17) is 4.74 Å². The Kier molecular flexibility index (Phi) is 4.86. The van der Waals surface area contributed by atoms with Crippen LogP contribution >= 0.6 is 15.9 Å². The van der Waals surface area contributed by atoms with E-state index in [-0.39, 0.29) is 0 Å². The van der Waals surface area contributed by atoms with Crippen molar-refractivity contribution in [1.82, 2.24) is 4.98 Å². The van der Waals surface area contributed by atoms with Crippen molar-refractivity contribution in [3.05, 3.63) is 64.3 Å². The van der Waals surface area contributed by atoms with E-state index in [1.807, 2.05) is 30.4 Å². The lowest BCUT2D eigenvalue weighted by molar-refractivity contribution is 0.112. The first-order valence-electron chi connectivity index (χ1n) is 5.74. The summed E-state index contributed by atoms with van der Waals surface area (Å²) in [6.07, 6.45) is 6.36. The Hall–Kier alpha value is -1.94. The number of ether oxygens (including phenoxy) is 1. The lowest BCUT2D eigenvalue weighted by Crippen LogP contribution is -1.95. The molecule has 0 saturated heterocycles. The molecule has 96 valence electrons. The van der Waals surface area contributed by atoms with Gasteiger partial charge in [-0.3, -0.25) is 4.79 Å². The van der Waals surface area contributed by atoms with Gasteiger partial charge in [0.05, 0.1) is 0 Å². The fourth-order valence-corrected chi connectivity index (χ4v) is 1.69. The number of aromatic nitrogens is 1. The average Bonchev–Trinajstić information content (AvgIpc) is 2.46. The summed E-state index contributed by atoms with van der Waals surface area (Å²) < 4.78 is 6.37. The highest BCUT2D eigenvalue weighted by atomic mass is 79.9. The number of hydrogen-bond acceptors (Lipinski definition) is 3. The van der Waals surface area contributed by atoms with Crippen molar-refractivity contribution in [1.29, 1.82) is 0 Å². The van der Waals surface area contributed by atoms with Crippen molar-refractivity contribution >= 4 is 28.3 Å². The first-order valence-corrected chi connectivity index (χ1v) is 6.53. The number of hydrogen-bond donors (Lipinski definition) is 0. The largest absolute Gasteiger partial charge is 0.473 e. The summed E-state index contributed by atoms with van der Waals surface area (Å²) in [6, 6.07) is 11.0. The van der Waals surface area contributed by atoms with Crippen LogP contribution < -0.4 is 4.74 Å². The van der Waals surface area contributed by atoms with Crippen molar-refractivity contribution in [2.45, 2.75) is 0 Å². The van der Waals surface area contributed by atoms with E-state index in [0.717, 1.165) is 16.3 Å². The minimum absolute atomic E-state index is 0.448. The molecule has 0 amide bonds. The molecular weight excluding hydrogens is 306 g/mol. The number of rotatable bonds is 5. The predicted octanol–water partition coefficient (Wildman–Crippen LogP) is 3.75. The van der Waals surface area contributed by atoms with Crippen LogP contribution in [0, 0.1) is 0 Å². The second kappa shape index (κ2) is 6.85. The molecular formula is C15H12BrNO2. The van der Waals surface area contributed by atoms with Crippen molar-refractivity contribution in [3.63, 3.8) is 0 Å². The quantitative estimate of drug-likeness (QED) is 0.788. The van der Waals surface area contributed by atoms with Gasteiger partial charge < -0.3 is 4.74 Å². The molecule has 2 rings (SSSR count). The lowest BCUT2D eigenvalue weighted by Gasteiger charge is -2.01. The van der Waals surface area contributed by atoms with E-state index >= 15 is 0 Å². The topological polar surface area (TPSA) is 39.2 Å². The second-order valence-corrected chi connectivity index (χ2v) is 4.73. The highest BCUT2D eigenvalue weighted by molar-refractivity contribution is 9.10. The van der Waals surface area contributed by atoms with E-state index in [1.54, 1.807) is 24.4 Å². The Bertz CT molecular complexity index is 562. The molecule has 0 aliphatic rings. The number of benzene rings is 1. The standard InChI is InChI=1S/C15H12BrNO2/c16-14-7-8-15(17-10-14)19-9-1-2-12-3-5-13(11-18)6-4-12/h1-8,10-11H,9H2/b2-1+. The number of carbonyl (C=O) groups excluding carboxylic acids is 1. The maximum atomic E-state index is 10.5. The van der Waals surface area contributed by atoms with Gasteiger partial charge >= 0.3 is 0 Å². The maximum absolute atomic E-state index is 10.5. The Morgan fingerprint density at radius 3 is 2.47 bits per heavy atom. The summed E-state index contributed by atoms with van der Waals surface area (Å²) in [7, 11) is 0. The van der Waals surface area contributed by atoms with Crippen molar-refractivity contribution in [2.24, 2.45) is 0 Å². The fourth-order valence-electron chi connectivity index (χ4n) is 1.45. The summed E-state index contributed by atoms with van der Waals surface area (Å²) in [6.45, 7) is 0.448. The smallest absolute Gasteiger partial charge is 0.213 e. The third-order valence-corrected chi connectivity index (χ3v) is 2.88. The summed E-state index contributed by atoms with van der Waals surface area (Å²) >= 11 is 3.31. The van der Waals surface area contributed by atoms with Gasteiger partial charge in [-0.2, -0.15) is 0 Å².